The highest BCUT2D eigenvalue weighted by atomic mass is 19.1. The monoisotopic (exact) mass is 484 g/mol. The zero-order valence-corrected chi connectivity index (χ0v) is 20.2. The van der Waals surface area contributed by atoms with Crippen LogP contribution in [0.15, 0.2) is 67.3 Å². The molecular weight excluding hydrogens is 455 g/mol. The number of halogens is 1. The number of nitrogens with two attached hydrogens (primary N) is 1. The zero-order valence-electron chi connectivity index (χ0n) is 20.2. The maximum atomic E-state index is 13.6. The van der Waals surface area contributed by atoms with Gasteiger partial charge in [-0.15, -0.1) is 0 Å². The van der Waals surface area contributed by atoms with Crippen molar-refractivity contribution < 1.29 is 4.39 Å². The van der Waals surface area contributed by atoms with Crippen molar-refractivity contribution >= 4 is 27.9 Å². The topological polar surface area (TPSA) is 89.3 Å². The third-order valence-electron chi connectivity index (χ3n) is 7.11. The van der Waals surface area contributed by atoms with Crippen molar-refractivity contribution in [3.63, 3.8) is 0 Å². The molecule has 0 aliphatic carbocycles. The first-order valence-corrected chi connectivity index (χ1v) is 12.3. The Hall–Kier alpha value is -3.82. The molecule has 1 aliphatic rings. The predicted molar refractivity (Wildman–Crippen MR) is 139 cm³/mol. The Morgan fingerprint density at radius 3 is 2.89 bits per heavy atom. The highest BCUT2D eigenvalue weighted by Gasteiger charge is 2.24. The Bertz CT molecular complexity index is 1520. The number of rotatable bonds is 6. The van der Waals surface area contributed by atoms with E-state index >= 15 is 0 Å². The Morgan fingerprint density at radius 2 is 2.03 bits per heavy atom. The standard InChI is InChI=1S/C27H29FN8/c1-18-14-34(9-8-24(18)29)16-20-7-10-35-26(20)27(30-17-32-35)33-23-5-6-25-21(12-23)13-31-36(25)15-19-3-2-4-22(28)11-19/h2-7,10-13,17-18,24H,8-9,14-16,29H2,1H3,(H,30,32,33)/t18-,24-/m1/s1. The van der Waals surface area contributed by atoms with E-state index in [1.54, 1.807) is 12.4 Å². The minimum absolute atomic E-state index is 0.241. The molecule has 9 heteroatoms. The van der Waals surface area contributed by atoms with E-state index in [4.69, 9.17) is 5.73 Å². The van der Waals surface area contributed by atoms with Crippen LogP contribution >= 0.6 is 0 Å². The second kappa shape index (κ2) is 9.33. The summed E-state index contributed by atoms with van der Waals surface area (Å²) < 4.78 is 17.3. The number of likely N-dealkylation sites (tertiary alicyclic amines) is 1. The molecule has 6 rings (SSSR count). The van der Waals surface area contributed by atoms with Crippen LogP contribution < -0.4 is 11.1 Å². The number of benzene rings is 2. The molecule has 0 unspecified atom stereocenters. The molecule has 3 N–H and O–H groups in total. The fourth-order valence-corrected chi connectivity index (χ4v) is 5.11. The molecule has 5 aromatic rings. The van der Waals surface area contributed by atoms with Gasteiger partial charge in [0.2, 0.25) is 0 Å². The maximum Gasteiger partial charge on any atom is 0.158 e. The molecule has 184 valence electrons. The molecule has 3 aromatic heterocycles. The number of fused-ring (bicyclic) bond motifs is 2. The Labute approximate surface area is 208 Å². The van der Waals surface area contributed by atoms with Gasteiger partial charge in [-0.05, 0) is 66.4 Å². The van der Waals surface area contributed by atoms with E-state index < -0.39 is 0 Å². The molecule has 1 aliphatic heterocycles. The number of nitrogens with zero attached hydrogens (tertiary/aromatic N) is 6. The number of hydrogen-bond acceptors (Lipinski definition) is 6. The van der Waals surface area contributed by atoms with E-state index in [9.17, 15) is 4.39 Å². The summed E-state index contributed by atoms with van der Waals surface area (Å²) in [7, 11) is 0. The van der Waals surface area contributed by atoms with Gasteiger partial charge in [-0.25, -0.2) is 13.9 Å². The van der Waals surface area contributed by atoms with Crippen LogP contribution in [0, 0.1) is 11.7 Å². The van der Waals surface area contributed by atoms with Crippen molar-refractivity contribution in [3.05, 3.63) is 84.2 Å². The summed E-state index contributed by atoms with van der Waals surface area (Å²) in [6.45, 7) is 5.55. The molecule has 1 saturated heterocycles. The molecule has 36 heavy (non-hydrogen) atoms. The lowest BCUT2D eigenvalue weighted by Crippen LogP contribution is -2.45. The third-order valence-corrected chi connectivity index (χ3v) is 7.11. The first-order valence-electron chi connectivity index (χ1n) is 12.3. The molecule has 2 aromatic carbocycles. The molecule has 0 bridgehead atoms. The van der Waals surface area contributed by atoms with Crippen LogP contribution in [-0.4, -0.2) is 48.4 Å². The van der Waals surface area contributed by atoms with Gasteiger partial charge in [0, 0.05) is 36.4 Å². The highest BCUT2D eigenvalue weighted by Crippen LogP contribution is 2.27. The number of nitrogens with one attached hydrogen (secondary N) is 1. The Morgan fingerprint density at radius 1 is 1.11 bits per heavy atom. The van der Waals surface area contributed by atoms with Gasteiger partial charge < -0.3 is 11.1 Å². The van der Waals surface area contributed by atoms with Crippen molar-refractivity contribution in [2.75, 3.05) is 18.4 Å². The normalized spacial score (nSPS) is 18.8. The summed E-state index contributed by atoms with van der Waals surface area (Å²) in [5.41, 5.74) is 11.1. The van der Waals surface area contributed by atoms with Gasteiger partial charge in [-0.2, -0.15) is 10.2 Å². The van der Waals surface area contributed by atoms with E-state index in [2.05, 4.69) is 44.5 Å². The largest absolute Gasteiger partial charge is 0.338 e. The van der Waals surface area contributed by atoms with Crippen molar-refractivity contribution in [2.45, 2.75) is 32.5 Å². The van der Waals surface area contributed by atoms with Crippen molar-refractivity contribution in [1.82, 2.24) is 29.3 Å². The molecular formula is C27H29FN8. The Balaban J connectivity index is 1.25. The van der Waals surface area contributed by atoms with Gasteiger partial charge in [0.25, 0.3) is 0 Å². The maximum absolute atomic E-state index is 13.6. The van der Waals surface area contributed by atoms with Crippen LogP contribution in [-0.2, 0) is 13.1 Å². The van der Waals surface area contributed by atoms with Crippen molar-refractivity contribution in [2.24, 2.45) is 11.7 Å². The van der Waals surface area contributed by atoms with Gasteiger partial charge in [0.15, 0.2) is 5.82 Å². The van der Waals surface area contributed by atoms with Crippen LogP contribution in [0.5, 0.6) is 0 Å². The molecule has 2 atom stereocenters. The molecule has 0 amide bonds. The zero-order chi connectivity index (χ0) is 24.6. The fourth-order valence-electron chi connectivity index (χ4n) is 5.11. The minimum atomic E-state index is -0.241. The molecule has 0 spiro atoms. The van der Waals surface area contributed by atoms with E-state index in [0.717, 1.165) is 59.5 Å². The smallest absolute Gasteiger partial charge is 0.158 e. The molecule has 0 saturated carbocycles. The lowest BCUT2D eigenvalue weighted by atomic mass is 9.94. The van der Waals surface area contributed by atoms with Crippen LogP contribution in [0.2, 0.25) is 0 Å². The van der Waals surface area contributed by atoms with E-state index in [1.165, 1.54) is 17.7 Å². The summed E-state index contributed by atoms with van der Waals surface area (Å²) in [5, 5.41) is 13.4. The van der Waals surface area contributed by atoms with Crippen molar-refractivity contribution in [1.29, 1.82) is 0 Å². The summed E-state index contributed by atoms with van der Waals surface area (Å²) in [5.74, 6) is 1.00. The number of anilines is 2. The number of hydrogen-bond donors (Lipinski definition) is 2. The van der Waals surface area contributed by atoms with Crippen LogP contribution in [0.1, 0.15) is 24.5 Å². The first-order chi connectivity index (χ1) is 17.5. The van der Waals surface area contributed by atoms with E-state index in [0.29, 0.717) is 12.5 Å². The average Bonchev–Trinajstić information content (AvgIpc) is 3.46. The summed E-state index contributed by atoms with van der Waals surface area (Å²) in [4.78, 5) is 7.02. The van der Waals surface area contributed by atoms with Crippen LogP contribution in [0.25, 0.3) is 16.4 Å². The molecule has 0 radical (unpaired) electrons. The lowest BCUT2D eigenvalue weighted by molar-refractivity contribution is 0.158. The Kier molecular flexibility index (Phi) is 5.86. The molecule has 8 nitrogen and oxygen atoms in total. The summed E-state index contributed by atoms with van der Waals surface area (Å²) >= 11 is 0. The van der Waals surface area contributed by atoms with Crippen molar-refractivity contribution in [3.8, 4) is 0 Å². The number of piperidine rings is 1. The second-order valence-corrected chi connectivity index (χ2v) is 9.74. The predicted octanol–water partition coefficient (Wildman–Crippen LogP) is 4.18. The van der Waals surface area contributed by atoms with Gasteiger partial charge >= 0.3 is 0 Å². The average molecular weight is 485 g/mol. The molecule has 4 heterocycles. The molecule has 1 fully saturated rings. The fraction of sp³-hybridized carbons (Fsp3) is 0.296. The lowest BCUT2D eigenvalue weighted by Gasteiger charge is -2.35. The van der Waals surface area contributed by atoms with E-state index in [-0.39, 0.29) is 11.9 Å². The highest BCUT2D eigenvalue weighted by molar-refractivity contribution is 5.85. The first kappa shape index (κ1) is 22.6. The van der Waals surface area contributed by atoms with Gasteiger partial charge in [0.1, 0.15) is 17.7 Å². The van der Waals surface area contributed by atoms with Crippen LogP contribution in [0.4, 0.5) is 15.9 Å². The second-order valence-electron chi connectivity index (χ2n) is 9.74. The quantitative estimate of drug-likeness (QED) is 0.376. The number of aromatic nitrogens is 5. The van der Waals surface area contributed by atoms with E-state index in [1.807, 2.05) is 39.8 Å². The minimum Gasteiger partial charge on any atom is -0.338 e. The summed E-state index contributed by atoms with van der Waals surface area (Å²) in [6, 6.07) is 15.1. The van der Waals surface area contributed by atoms with Gasteiger partial charge in [-0.3, -0.25) is 9.58 Å². The SMILES string of the molecule is C[C@@H]1CN(Cc2ccn3ncnc(Nc4ccc5c(cnn5Cc5cccc(F)c5)c4)c23)CC[C@H]1N. The van der Waals surface area contributed by atoms with Gasteiger partial charge in [0.05, 0.1) is 18.3 Å². The van der Waals surface area contributed by atoms with Gasteiger partial charge in [-0.1, -0.05) is 19.1 Å². The summed E-state index contributed by atoms with van der Waals surface area (Å²) in [6.07, 6.45) is 6.40. The third kappa shape index (κ3) is 4.43. The van der Waals surface area contributed by atoms with Crippen LogP contribution in [0.3, 0.4) is 0 Å².